The molecule has 0 spiro atoms. The summed E-state index contributed by atoms with van der Waals surface area (Å²) in [5.41, 5.74) is 8.13. The van der Waals surface area contributed by atoms with Crippen LogP contribution in [0.2, 0.25) is 0 Å². The molecule has 0 radical (unpaired) electrons. The molecule has 0 atom stereocenters. The monoisotopic (exact) mass is 380 g/mol. The van der Waals surface area contributed by atoms with Gasteiger partial charge in [-0.3, -0.25) is 4.79 Å². The third-order valence-corrected chi connectivity index (χ3v) is 4.22. The van der Waals surface area contributed by atoms with Crippen LogP contribution in [-0.4, -0.2) is 35.9 Å². The van der Waals surface area contributed by atoms with Gasteiger partial charge in [-0.2, -0.15) is 5.10 Å². The lowest BCUT2D eigenvalue weighted by Gasteiger charge is -2.10. The summed E-state index contributed by atoms with van der Waals surface area (Å²) in [6, 6.07) is 14.2. The number of methoxy groups -OCH3 is 2. The van der Waals surface area contributed by atoms with E-state index in [1.807, 2.05) is 24.3 Å². The maximum atomic E-state index is 12.4. The van der Waals surface area contributed by atoms with Crippen molar-refractivity contribution in [2.24, 2.45) is 0 Å². The number of nitrogens with two attached hydrogens (primary N) is 1. The smallest absolute Gasteiger partial charge is 0.343 e. The van der Waals surface area contributed by atoms with E-state index in [0.717, 1.165) is 5.56 Å². The first-order valence-electron chi connectivity index (χ1n) is 8.47. The van der Waals surface area contributed by atoms with E-state index in [9.17, 15) is 9.59 Å². The maximum Gasteiger partial charge on any atom is 0.343 e. The topological polar surface area (TPSA) is 108 Å². The van der Waals surface area contributed by atoms with Crippen molar-refractivity contribution >= 4 is 17.7 Å². The number of esters is 1. The van der Waals surface area contributed by atoms with Crippen molar-refractivity contribution < 1.29 is 19.1 Å². The Morgan fingerprint density at radius 3 is 2.50 bits per heavy atom. The van der Waals surface area contributed by atoms with Gasteiger partial charge in [-0.1, -0.05) is 18.2 Å². The van der Waals surface area contributed by atoms with Crippen molar-refractivity contribution in [2.45, 2.75) is 6.54 Å². The Kier molecular flexibility index (Phi) is 5.59. The predicted molar refractivity (Wildman–Crippen MR) is 103 cm³/mol. The summed E-state index contributed by atoms with van der Waals surface area (Å²) in [5, 5.41) is 6.96. The van der Waals surface area contributed by atoms with E-state index in [0.29, 0.717) is 23.5 Å². The van der Waals surface area contributed by atoms with Gasteiger partial charge in [0.25, 0.3) is 5.91 Å². The molecule has 144 valence electrons. The van der Waals surface area contributed by atoms with E-state index in [1.54, 1.807) is 31.4 Å². The highest BCUT2D eigenvalue weighted by molar-refractivity contribution is 5.95. The molecule has 3 aromatic rings. The minimum absolute atomic E-state index is 0.167. The average Bonchev–Trinajstić information content (AvgIpc) is 3.13. The van der Waals surface area contributed by atoms with Gasteiger partial charge in [0.1, 0.15) is 17.1 Å². The minimum atomic E-state index is -0.559. The molecule has 8 heteroatoms. The number of amides is 1. The zero-order chi connectivity index (χ0) is 20.1. The molecule has 0 saturated heterocycles. The molecule has 8 nitrogen and oxygen atoms in total. The van der Waals surface area contributed by atoms with Crippen LogP contribution in [0, 0.1) is 0 Å². The Morgan fingerprint density at radius 1 is 1.11 bits per heavy atom. The van der Waals surface area contributed by atoms with Gasteiger partial charge in [0.05, 0.1) is 26.1 Å². The molecule has 0 bridgehead atoms. The first-order chi connectivity index (χ1) is 13.5. The van der Waals surface area contributed by atoms with E-state index >= 15 is 0 Å². The third kappa shape index (κ3) is 3.80. The van der Waals surface area contributed by atoms with Crippen LogP contribution in [0.5, 0.6) is 5.75 Å². The van der Waals surface area contributed by atoms with Crippen LogP contribution in [0.3, 0.4) is 0 Å². The second-order valence-corrected chi connectivity index (χ2v) is 5.89. The predicted octanol–water partition coefficient (Wildman–Crippen LogP) is 2.18. The van der Waals surface area contributed by atoms with Gasteiger partial charge < -0.3 is 20.5 Å². The molecule has 1 amide bonds. The lowest BCUT2D eigenvalue weighted by molar-refractivity contribution is 0.0601. The number of hydrogen-bond donors (Lipinski definition) is 2. The largest absolute Gasteiger partial charge is 0.496 e. The normalized spacial score (nSPS) is 10.4. The highest BCUT2D eigenvalue weighted by Crippen LogP contribution is 2.19. The van der Waals surface area contributed by atoms with Crippen LogP contribution in [0.4, 0.5) is 5.82 Å². The van der Waals surface area contributed by atoms with E-state index in [1.165, 1.54) is 18.0 Å². The molecule has 3 rings (SSSR count). The Morgan fingerprint density at radius 2 is 1.82 bits per heavy atom. The van der Waals surface area contributed by atoms with Gasteiger partial charge in [-0.25, -0.2) is 9.48 Å². The van der Waals surface area contributed by atoms with Crippen molar-refractivity contribution in [3.8, 4) is 11.4 Å². The first-order valence-corrected chi connectivity index (χ1v) is 8.47. The van der Waals surface area contributed by atoms with Crippen molar-refractivity contribution in [3.05, 3.63) is 71.4 Å². The number of rotatable bonds is 6. The number of nitrogen functional groups attached to an aromatic ring is 1. The van der Waals surface area contributed by atoms with Crippen molar-refractivity contribution in [1.29, 1.82) is 0 Å². The van der Waals surface area contributed by atoms with E-state index < -0.39 is 5.97 Å². The summed E-state index contributed by atoms with van der Waals surface area (Å²) in [6.07, 6.45) is 1.34. The second-order valence-electron chi connectivity index (χ2n) is 5.89. The minimum Gasteiger partial charge on any atom is -0.496 e. The SMILES string of the molecule is COC(=O)c1cnn(-c2ccc(C(=O)NCc3ccccc3OC)cc2)c1N. The molecular weight excluding hydrogens is 360 g/mol. The zero-order valence-electron chi connectivity index (χ0n) is 15.5. The molecule has 1 aromatic heterocycles. The summed E-state index contributed by atoms with van der Waals surface area (Å²) in [7, 11) is 2.86. The number of anilines is 1. The first kappa shape index (κ1) is 19.0. The number of carbonyl (C=O) groups excluding carboxylic acids is 2. The van der Waals surface area contributed by atoms with Crippen LogP contribution < -0.4 is 15.8 Å². The molecule has 0 saturated carbocycles. The average molecular weight is 380 g/mol. The molecule has 0 fully saturated rings. The fraction of sp³-hybridized carbons (Fsp3) is 0.150. The number of nitrogens with one attached hydrogen (secondary N) is 1. The summed E-state index contributed by atoms with van der Waals surface area (Å²) < 4.78 is 11.3. The summed E-state index contributed by atoms with van der Waals surface area (Å²) in [4.78, 5) is 24.0. The van der Waals surface area contributed by atoms with E-state index in [-0.39, 0.29) is 17.3 Å². The van der Waals surface area contributed by atoms with Crippen LogP contribution in [-0.2, 0) is 11.3 Å². The number of nitrogens with zero attached hydrogens (tertiary/aromatic N) is 2. The van der Waals surface area contributed by atoms with Gasteiger partial charge in [0.2, 0.25) is 0 Å². The molecule has 1 heterocycles. The fourth-order valence-electron chi connectivity index (χ4n) is 2.71. The molecule has 0 aliphatic carbocycles. The Hall–Kier alpha value is -3.81. The van der Waals surface area contributed by atoms with Gasteiger partial charge in [-0.15, -0.1) is 0 Å². The highest BCUT2D eigenvalue weighted by atomic mass is 16.5. The molecule has 2 aromatic carbocycles. The van der Waals surface area contributed by atoms with Gasteiger partial charge in [0, 0.05) is 17.7 Å². The highest BCUT2D eigenvalue weighted by Gasteiger charge is 2.16. The van der Waals surface area contributed by atoms with Gasteiger partial charge in [-0.05, 0) is 30.3 Å². The molecule has 28 heavy (non-hydrogen) atoms. The number of hydrogen-bond acceptors (Lipinski definition) is 6. The van der Waals surface area contributed by atoms with Crippen LogP contribution in [0.1, 0.15) is 26.3 Å². The molecule has 3 N–H and O–H groups in total. The lowest BCUT2D eigenvalue weighted by atomic mass is 10.1. The van der Waals surface area contributed by atoms with Crippen molar-refractivity contribution in [3.63, 3.8) is 0 Å². The standard InChI is InChI=1S/C20H20N4O4/c1-27-17-6-4-3-5-14(17)11-22-19(25)13-7-9-15(10-8-13)24-18(21)16(12-23-24)20(26)28-2/h3-10,12H,11,21H2,1-2H3,(H,22,25). The Bertz CT molecular complexity index is 996. The number of para-hydroxylation sites is 1. The van der Waals surface area contributed by atoms with Gasteiger partial charge in [0.15, 0.2) is 0 Å². The summed E-state index contributed by atoms with van der Waals surface area (Å²) in [6.45, 7) is 0.346. The molecule has 0 aliphatic heterocycles. The molecular formula is C20H20N4O4. The molecule has 0 unspecified atom stereocenters. The van der Waals surface area contributed by atoms with Crippen molar-refractivity contribution in [1.82, 2.24) is 15.1 Å². The number of carbonyl (C=O) groups is 2. The maximum absolute atomic E-state index is 12.4. The van der Waals surface area contributed by atoms with Crippen LogP contribution >= 0.6 is 0 Å². The second kappa shape index (κ2) is 8.26. The fourth-order valence-corrected chi connectivity index (χ4v) is 2.71. The Labute approximate surface area is 161 Å². The summed E-state index contributed by atoms with van der Waals surface area (Å²) >= 11 is 0. The number of ether oxygens (including phenoxy) is 2. The van der Waals surface area contributed by atoms with Gasteiger partial charge >= 0.3 is 5.97 Å². The number of benzene rings is 2. The van der Waals surface area contributed by atoms with Crippen molar-refractivity contribution in [2.75, 3.05) is 20.0 Å². The summed E-state index contributed by atoms with van der Waals surface area (Å²) in [5.74, 6) is 0.103. The quantitative estimate of drug-likeness (QED) is 0.635. The lowest BCUT2D eigenvalue weighted by Crippen LogP contribution is -2.23. The van der Waals surface area contributed by atoms with E-state index in [2.05, 4.69) is 15.2 Å². The Balaban J connectivity index is 1.71. The van der Waals surface area contributed by atoms with Crippen LogP contribution in [0.15, 0.2) is 54.7 Å². The third-order valence-electron chi connectivity index (χ3n) is 4.22. The molecule has 0 aliphatic rings. The van der Waals surface area contributed by atoms with E-state index in [4.69, 9.17) is 10.5 Å². The zero-order valence-corrected chi connectivity index (χ0v) is 15.5. The van der Waals surface area contributed by atoms with Crippen LogP contribution in [0.25, 0.3) is 5.69 Å². The number of aromatic nitrogens is 2.